The van der Waals surface area contributed by atoms with Gasteiger partial charge in [-0.1, -0.05) is 0 Å². The Bertz CT molecular complexity index is 1240. The van der Waals surface area contributed by atoms with Gasteiger partial charge < -0.3 is 0 Å². The van der Waals surface area contributed by atoms with Crippen molar-refractivity contribution in [3.8, 4) is 0 Å². The molecular weight excluding hydrogens is 623 g/mol. The monoisotopic (exact) mass is 641 g/mol. The van der Waals surface area contributed by atoms with Crippen LogP contribution in [0.2, 0.25) is 0 Å². The standard InChI is InChI=1S/C24H15N7Se3/c1-4-10-16(11-5-1)32-22-25-19-27-23(33-17-12-6-2-7-13-17)29-21-30-24(28-20(26-22)31(19)21)34-18-14-8-3-9-15-18/h1-15H. The van der Waals surface area contributed by atoms with Gasteiger partial charge >= 0.3 is 216 Å². The van der Waals surface area contributed by atoms with Crippen LogP contribution in [0.4, 0.5) is 0 Å². The van der Waals surface area contributed by atoms with Crippen LogP contribution in [0.1, 0.15) is 0 Å². The van der Waals surface area contributed by atoms with Crippen LogP contribution in [-0.4, -0.2) is 81.9 Å². The number of nitrogens with zero attached hydrogens (tertiary/aromatic N) is 7. The molecule has 34 heavy (non-hydrogen) atoms. The molecule has 0 atom stereocenters. The summed E-state index contributed by atoms with van der Waals surface area (Å²) in [6.45, 7) is 0. The zero-order valence-corrected chi connectivity index (χ0v) is 22.7. The van der Waals surface area contributed by atoms with Crippen molar-refractivity contribution in [1.29, 1.82) is 0 Å². The summed E-state index contributed by atoms with van der Waals surface area (Å²) in [4.78, 5) is 30.6. The molecule has 0 amide bonds. The average Bonchev–Trinajstić information content (AvgIpc) is 2.85. The van der Waals surface area contributed by atoms with Crippen molar-refractivity contribution in [2.24, 2.45) is 30.0 Å². The third kappa shape index (κ3) is 4.79. The summed E-state index contributed by atoms with van der Waals surface area (Å²) in [6.07, 6.45) is 0. The molecule has 3 heterocycles. The molecule has 0 saturated heterocycles. The quantitative estimate of drug-likeness (QED) is 0.364. The summed E-state index contributed by atoms with van der Waals surface area (Å²) in [5.41, 5.74) is 0. The van der Waals surface area contributed by atoms with Gasteiger partial charge in [0.2, 0.25) is 0 Å². The molecule has 3 aromatic rings. The molecule has 10 heteroatoms. The Labute approximate surface area is 215 Å². The summed E-state index contributed by atoms with van der Waals surface area (Å²) in [5, 5.41) is 0. The molecule has 0 N–H and O–H groups in total. The first-order chi connectivity index (χ1) is 16.8. The van der Waals surface area contributed by atoms with E-state index in [1.807, 2.05) is 54.6 Å². The number of aliphatic imine (C=N–C) groups is 6. The van der Waals surface area contributed by atoms with E-state index in [9.17, 15) is 0 Å². The summed E-state index contributed by atoms with van der Waals surface area (Å²) in [5.74, 6) is 1.65. The van der Waals surface area contributed by atoms with Gasteiger partial charge in [0.25, 0.3) is 0 Å². The minimum absolute atomic E-state index is 0.0583. The van der Waals surface area contributed by atoms with E-state index in [2.05, 4.69) is 36.4 Å². The van der Waals surface area contributed by atoms with Gasteiger partial charge in [0, 0.05) is 0 Å². The van der Waals surface area contributed by atoms with Crippen molar-refractivity contribution in [3.63, 3.8) is 0 Å². The van der Waals surface area contributed by atoms with Gasteiger partial charge in [-0.3, -0.25) is 0 Å². The molecule has 6 rings (SSSR count). The van der Waals surface area contributed by atoms with Crippen molar-refractivity contribution in [1.82, 2.24) is 4.90 Å². The first-order valence-corrected chi connectivity index (χ1v) is 15.5. The van der Waals surface area contributed by atoms with Crippen molar-refractivity contribution >= 4 is 90.3 Å². The Kier molecular flexibility index (Phi) is 6.17. The second-order valence-electron chi connectivity index (χ2n) is 7.00. The predicted molar refractivity (Wildman–Crippen MR) is 142 cm³/mol. The molecule has 3 aliphatic rings. The molecule has 164 valence electrons. The fraction of sp³-hybridized carbons (Fsp3) is 0. The number of hydrogen-bond donors (Lipinski definition) is 0. The molecule has 0 aromatic heterocycles. The van der Waals surface area contributed by atoms with Crippen molar-refractivity contribution in [2.45, 2.75) is 0 Å². The fourth-order valence-corrected chi connectivity index (χ4v) is 7.93. The minimum atomic E-state index is -0.0583. The summed E-state index contributed by atoms with van der Waals surface area (Å²) in [7, 11) is 0. The average molecular weight is 638 g/mol. The van der Waals surface area contributed by atoms with E-state index in [0.29, 0.717) is 17.9 Å². The fourth-order valence-electron chi connectivity index (χ4n) is 3.15. The van der Waals surface area contributed by atoms with E-state index >= 15 is 0 Å². The number of rotatable bonds is 6. The molecule has 0 unspecified atom stereocenters. The van der Waals surface area contributed by atoms with Gasteiger partial charge in [-0.05, 0) is 0 Å². The van der Waals surface area contributed by atoms with Crippen molar-refractivity contribution in [3.05, 3.63) is 91.0 Å². The Morgan fingerprint density at radius 3 is 0.971 bits per heavy atom. The molecule has 0 bridgehead atoms. The van der Waals surface area contributed by atoms with E-state index in [0.717, 1.165) is 14.2 Å². The molecule has 7 nitrogen and oxygen atoms in total. The van der Waals surface area contributed by atoms with Gasteiger partial charge in [-0.2, -0.15) is 0 Å². The second-order valence-corrected chi connectivity index (χ2v) is 13.5. The van der Waals surface area contributed by atoms with E-state index in [-0.39, 0.29) is 44.9 Å². The van der Waals surface area contributed by atoms with Crippen molar-refractivity contribution < 1.29 is 0 Å². The molecule has 0 fully saturated rings. The van der Waals surface area contributed by atoms with Crippen LogP contribution in [-0.2, 0) is 0 Å². The van der Waals surface area contributed by atoms with Crippen LogP contribution < -0.4 is 13.4 Å². The molecule has 3 aliphatic heterocycles. The maximum atomic E-state index is 4.80. The van der Waals surface area contributed by atoms with Crippen LogP contribution in [0.5, 0.6) is 0 Å². The first kappa shape index (κ1) is 21.6. The van der Waals surface area contributed by atoms with E-state index in [4.69, 9.17) is 30.0 Å². The molecule has 0 aliphatic carbocycles. The Morgan fingerprint density at radius 1 is 0.382 bits per heavy atom. The van der Waals surface area contributed by atoms with E-state index in [1.54, 1.807) is 4.90 Å². The predicted octanol–water partition coefficient (Wildman–Crippen LogP) is 0.554. The van der Waals surface area contributed by atoms with Gasteiger partial charge in [-0.15, -0.1) is 0 Å². The van der Waals surface area contributed by atoms with Crippen LogP contribution >= 0.6 is 0 Å². The van der Waals surface area contributed by atoms with E-state index in [1.165, 1.54) is 13.4 Å². The molecule has 0 spiro atoms. The number of amidine groups is 3. The van der Waals surface area contributed by atoms with E-state index < -0.39 is 0 Å². The second kappa shape index (κ2) is 9.72. The topological polar surface area (TPSA) is 77.4 Å². The maximum absolute atomic E-state index is 4.80. The van der Waals surface area contributed by atoms with Gasteiger partial charge in [0.05, 0.1) is 0 Å². The third-order valence-corrected chi connectivity index (χ3v) is 10.1. The van der Waals surface area contributed by atoms with Gasteiger partial charge in [0.1, 0.15) is 0 Å². The SMILES string of the molecule is c1ccc([Se]C2=NC3=NC([Se]c4ccccc4)=NC4=NC([Se]c5ccccc5)=NC(=N2)N34)cc1. The Hall–Kier alpha value is -2.96. The zero-order valence-electron chi connectivity index (χ0n) is 17.5. The number of guanidine groups is 3. The summed E-state index contributed by atoms with van der Waals surface area (Å²) < 4.78 is 5.84. The van der Waals surface area contributed by atoms with Crippen LogP contribution in [0.15, 0.2) is 121 Å². The van der Waals surface area contributed by atoms with Crippen LogP contribution in [0.25, 0.3) is 0 Å². The van der Waals surface area contributed by atoms with Crippen LogP contribution in [0, 0.1) is 0 Å². The van der Waals surface area contributed by atoms with Gasteiger partial charge in [-0.25, -0.2) is 0 Å². The molecule has 3 aromatic carbocycles. The Morgan fingerprint density at radius 2 is 0.676 bits per heavy atom. The van der Waals surface area contributed by atoms with Gasteiger partial charge in [0.15, 0.2) is 0 Å². The first-order valence-electron chi connectivity index (χ1n) is 10.3. The normalized spacial score (nSPS) is 16.4. The number of hydrogen-bond acceptors (Lipinski definition) is 7. The summed E-state index contributed by atoms with van der Waals surface area (Å²) >= 11 is -0.175. The molecular formula is C24H15N7Se3. The summed E-state index contributed by atoms with van der Waals surface area (Å²) in [6, 6.07) is 30.9. The Balaban J connectivity index is 1.39. The van der Waals surface area contributed by atoms with Crippen molar-refractivity contribution in [2.75, 3.05) is 0 Å². The number of benzene rings is 3. The van der Waals surface area contributed by atoms with Crippen LogP contribution in [0.3, 0.4) is 0 Å². The third-order valence-electron chi connectivity index (χ3n) is 4.63. The molecule has 0 radical (unpaired) electrons. The molecule has 0 saturated carbocycles. The zero-order chi connectivity index (χ0) is 22.7.